The summed E-state index contributed by atoms with van der Waals surface area (Å²) in [5, 5.41) is 6.40. The van der Waals surface area contributed by atoms with E-state index in [1.165, 1.54) is 19.3 Å². The number of rotatable bonds is 5. The Morgan fingerprint density at radius 3 is 2.58 bits per heavy atom. The van der Waals surface area contributed by atoms with Crippen molar-refractivity contribution in [2.24, 2.45) is 0 Å². The molecule has 0 saturated carbocycles. The molecule has 5 nitrogen and oxygen atoms in total. The first-order chi connectivity index (χ1) is 11.7. The van der Waals surface area contributed by atoms with Gasteiger partial charge in [-0.1, -0.05) is 18.0 Å². The Morgan fingerprint density at radius 1 is 1.17 bits per heavy atom. The van der Waals surface area contributed by atoms with E-state index in [0.717, 1.165) is 18.8 Å². The number of nitrogens with zero attached hydrogens (tertiary/aromatic N) is 1. The first-order valence-corrected chi connectivity index (χ1v) is 8.68. The smallest absolute Gasteiger partial charge is 0.319 e. The molecule has 0 bridgehead atoms. The number of hydrogen-bond donors (Lipinski definition) is 2. The fourth-order valence-electron chi connectivity index (χ4n) is 3.02. The molecule has 1 atom stereocenters. The zero-order valence-electron chi connectivity index (χ0n) is 13.5. The van der Waals surface area contributed by atoms with Crippen LogP contribution in [0.5, 0.6) is 0 Å². The van der Waals surface area contributed by atoms with E-state index in [4.69, 9.17) is 16.0 Å². The molecule has 0 spiro atoms. The van der Waals surface area contributed by atoms with Crippen molar-refractivity contribution in [1.29, 1.82) is 0 Å². The van der Waals surface area contributed by atoms with Crippen molar-refractivity contribution in [3.63, 3.8) is 0 Å². The third-order valence-electron chi connectivity index (χ3n) is 4.26. The molecular weight excluding hydrogens is 326 g/mol. The van der Waals surface area contributed by atoms with Crippen LogP contribution in [-0.4, -0.2) is 30.6 Å². The third kappa shape index (κ3) is 4.52. The number of hydrogen-bond acceptors (Lipinski definition) is 3. The summed E-state index contributed by atoms with van der Waals surface area (Å²) in [6.45, 7) is 2.57. The van der Waals surface area contributed by atoms with Crippen LogP contribution in [0.1, 0.15) is 31.1 Å². The van der Waals surface area contributed by atoms with Gasteiger partial charge in [-0.05, 0) is 62.3 Å². The molecule has 2 aromatic rings. The van der Waals surface area contributed by atoms with Crippen molar-refractivity contribution in [1.82, 2.24) is 10.2 Å². The van der Waals surface area contributed by atoms with Crippen LogP contribution < -0.4 is 10.6 Å². The van der Waals surface area contributed by atoms with Crippen molar-refractivity contribution in [3.05, 3.63) is 53.4 Å². The second kappa shape index (κ2) is 8.22. The Kier molecular flexibility index (Phi) is 5.77. The maximum atomic E-state index is 12.1. The number of carbonyl (C=O) groups excluding carboxylic acids is 1. The number of carbonyl (C=O) groups is 1. The van der Waals surface area contributed by atoms with Crippen molar-refractivity contribution in [3.8, 4) is 0 Å². The summed E-state index contributed by atoms with van der Waals surface area (Å²) in [4.78, 5) is 14.5. The van der Waals surface area contributed by atoms with Crippen molar-refractivity contribution < 1.29 is 9.21 Å². The molecule has 1 saturated heterocycles. The molecule has 1 unspecified atom stereocenters. The molecule has 1 aliphatic heterocycles. The maximum Gasteiger partial charge on any atom is 0.319 e. The molecule has 0 aliphatic carbocycles. The van der Waals surface area contributed by atoms with Crippen LogP contribution in [0.2, 0.25) is 5.02 Å². The number of furan rings is 1. The van der Waals surface area contributed by atoms with Gasteiger partial charge in [0.1, 0.15) is 5.76 Å². The number of likely N-dealkylation sites (tertiary alicyclic amines) is 1. The molecule has 0 radical (unpaired) electrons. The minimum absolute atomic E-state index is 0.0660. The van der Waals surface area contributed by atoms with Crippen molar-refractivity contribution in [2.75, 3.05) is 25.0 Å². The lowest BCUT2D eigenvalue weighted by Crippen LogP contribution is -2.41. The number of urea groups is 1. The van der Waals surface area contributed by atoms with Crippen LogP contribution in [-0.2, 0) is 0 Å². The van der Waals surface area contributed by atoms with Gasteiger partial charge in [0.05, 0.1) is 12.3 Å². The van der Waals surface area contributed by atoms with Crippen molar-refractivity contribution in [2.45, 2.75) is 25.3 Å². The molecule has 2 heterocycles. The average Bonchev–Trinajstić information content (AvgIpc) is 3.12. The molecule has 1 aromatic carbocycles. The van der Waals surface area contributed by atoms with Crippen LogP contribution in [0.25, 0.3) is 0 Å². The molecule has 128 valence electrons. The van der Waals surface area contributed by atoms with Gasteiger partial charge in [-0.2, -0.15) is 0 Å². The highest BCUT2D eigenvalue weighted by molar-refractivity contribution is 6.30. The van der Waals surface area contributed by atoms with Crippen molar-refractivity contribution >= 4 is 23.3 Å². The SMILES string of the molecule is O=C(NCC(c1ccco1)N1CCCCC1)Nc1ccc(Cl)cc1. The molecule has 1 fully saturated rings. The highest BCUT2D eigenvalue weighted by Crippen LogP contribution is 2.24. The fourth-order valence-corrected chi connectivity index (χ4v) is 3.14. The Labute approximate surface area is 147 Å². The fraction of sp³-hybridized carbons (Fsp3) is 0.389. The number of anilines is 1. The molecule has 1 aromatic heterocycles. The number of piperidine rings is 1. The van der Waals surface area contributed by atoms with E-state index < -0.39 is 0 Å². The van der Waals surface area contributed by atoms with Gasteiger partial charge in [-0.25, -0.2) is 4.79 Å². The van der Waals surface area contributed by atoms with Crippen LogP contribution in [0, 0.1) is 0 Å². The summed E-state index contributed by atoms with van der Waals surface area (Å²) in [6.07, 6.45) is 5.33. The summed E-state index contributed by atoms with van der Waals surface area (Å²) in [7, 11) is 0. The first kappa shape index (κ1) is 16.9. The van der Waals surface area contributed by atoms with E-state index in [-0.39, 0.29) is 12.1 Å². The summed E-state index contributed by atoms with van der Waals surface area (Å²) < 4.78 is 5.58. The molecule has 3 rings (SSSR count). The van der Waals surface area contributed by atoms with Crippen LogP contribution in [0.15, 0.2) is 47.1 Å². The lowest BCUT2D eigenvalue weighted by Gasteiger charge is -2.33. The predicted octanol–water partition coefficient (Wildman–Crippen LogP) is 4.28. The highest BCUT2D eigenvalue weighted by atomic mass is 35.5. The largest absolute Gasteiger partial charge is 0.468 e. The van der Waals surface area contributed by atoms with Gasteiger partial charge < -0.3 is 15.1 Å². The average molecular weight is 348 g/mol. The normalized spacial score (nSPS) is 16.5. The highest BCUT2D eigenvalue weighted by Gasteiger charge is 2.24. The summed E-state index contributed by atoms with van der Waals surface area (Å²) in [6, 6.07) is 10.7. The Morgan fingerprint density at radius 2 is 1.92 bits per heavy atom. The minimum Gasteiger partial charge on any atom is -0.468 e. The Hall–Kier alpha value is -1.98. The van der Waals surface area contributed by atoms with E-state index >= 15 is 0 Å². The van der Waals surface area contributed by atoms with E-state index in [2.05, 4.69) is 15.5 Å². The molecule has 24 heavy (non-hydrogen) atoms. The van der Waals surface area contributed by atoms with E-state index in [1.807, 2.05) is 12.1 Å². The quantitative estimate of drug-likeness (QED) is 0.848. The van der Waals surface area contributed by atoms with Crippen LogP contribution in [0.3, 0.4) is 0 Å². The number of halogens is 1. The predicted molar refractivity (Wildman–Crippen MR) is 95.3 cm³/mol. The topological polar surface area (TPSA) is 57.5 Å². The molecular formula is C18H22ClN3O2. The summed E-state index contributed by atoms with van der Waals surface area (Å²) >= 11 is 5.85. The Balaban J connectivity index is 1.58. The van der Waals surface area contributed by atoms with Gasteiger partial charge in [0, 0.05) is 17.3 Å². The molecule has 2 N–H and O–H groups in total. The maximum absolute atomic E-state index is 12.1. The second-order valence-electron chi connectivity index (χ2n) is 5.97. The first-order valence-electron chi connectivity index (χ1n) is 8.30. The van der Waals surface area contributed by atoms with Crippen LogP contribution >= 0.6 is 11.6 Å². The zero-order chi connectivity index (χ0) is 16.8. The van der Waals surface area contributed by atoms with Gasteiger partial charge in [0.15, 0.2) is 0 Å². The Bertz CT molecular complexity index is 637. The van der Waals surface area contributed by atoms with Gasteiger partial charge >= 0.3 is 6.03 Å². The zero-order valence-corrected chi connectivity index (χ0v) is 14.3. The third-order valence-corrected chi connectivity index (χ3v) is 4.51. The van der Waals surface area contributed by atoms with Gasteiger partial charge in [-0.15, -0.1) is 0 Å². The lowest BCUT2D eigenvalue weighted by molar-refractivity contribution is 0.144. The molecule has 1 aliphatic rings. The lowest BCUT2D eigenvalue weighted by atomic mass is 10.1. The number of nitrogens with one attached hydrogen (secondary N) is 2. The standard InChI is InChI=1S/C18H22ClN3O2/c19-14-6-8-15(9-7-14)21-18(23)20-13-16(17-5-4-12-24-17)22-10-2-1-3-11-22/h4-9,12,16H,1-3,10-11,13H2,(H2,20,21,23). The van der Waals surface area contributed by atoms with Crippen LogP contribution in [0.4, 0.5) is 10.5 Å². The van der Waals surface area contributed by atoms with E-state index in [1.54, 1.807) is 30.5 Å². The minimum atomic E-state index is -0.231. The molecule has 2 amide bonds. The summed E-state index contributed by atoms with van der Waals surface area (Å²) in [5.74, 6) is 0.892. The van der Waals surface area contributed by atoms with Gasteiger partial charge in [-0.3, -0.25) is 4.90 Å². The van der Waals surface area contributed by atoms with Gasteiger partial charge in [0.25, 0.3) is 0 Å². The van der Waals surface area contributed by atoms with E-state index in [9.17, 15) is 4.79 Å². The number of benzene rings is 1. The monoisotopic (exact) mass is 347 g/mol. The second-order valence-corrected chi connectivity index (χ2v) is 6.41. The molecule has 6 heteroatoms. The summed E-state index contributed by atoms with van der Waals surface area (Å²) in [5.41, 5.74) is 0.712. The number of amides is 2. The van der Waals surface area contributed by atoms with Gasteiger partial charge in [0.2, 0.25) is 0 Å². The van der Waals surface area contributed by atoms with E-state index in [0.29, 0.717) is 17.3 Å².